The van der Waals surface area contributed by atoms with Crippen molar-refractivity contribution in [3.63, 3.8) is 0 Å². The fraction of sp³-hybridized carbons (Fsp3) is 0.429. The van der Waals surface area contributed by atoms with Gasteiger partial charge in [-0.1, -0.05) is 0 Å². The summed E-state index contributed by atoms with van der Waals surface area (Å²) in [6.07, 6.45) is 5.54. The summed E-state index contributed by atoms with van der Waals surface area (Å²) in [6.45, 7) is 7.00. The number of aliphatic imine (C=N–C) groups is 1. The summed E-state index contributed by atoms with van der Waals surface area (Å²) in [5, 5.41) is 10.7. The SMILES string of the molecule is CCNC(=NCc1ccco1)NCCn1cc(C)cn1.I. The van der Waals surface area contributed by atoms with Crippen molar-refractivity contribution in [3.8, 4) is 0 Å². The highest BCUT2D eigenvalue weighted by Gasteiger charge is 1.99. The van der Waals surface area contributed by atoms with Gasteiger partial charge in [-0.25, -0.2) is 4.99 Å². The molecule has 116 valence electrons. The molecule has 0 aliphatic carbocycles. The Morgan fingerprint density at radius 3 is 2.90 bits per heavy atom. The number of hydrogen-bond donors (Lipinski definition) is 2. The molecule has 2 N–H and O–H groups in total. The number of aromatic nitrogens is 2. The van der Waals surface area contributed by atoms with Crippen LogP contribution in [0.1, 0.15) is 18.2 Å². The molecule has 0 amide bonds. The van der Waals surface area contributed by atoms with E-state index in [0.717, 1.165) is 31.4 Å². The smallest absolute Gasteiger partial charge is 0.191 e. The van der Waals surface area contributed by atoms with E-state index >= 15 is 0 Å². The van der Waals surface area contributed by atoms with Gasteiger partial charge in [0.15, 0.2) is 5.96 Å². The third-order valence-corrected chi connectivity index (χ3v) is 2.71. The summed E-state index contributed by atoms with van der Waals surface area (Å²) in [4.78, 5) is 4.46. The lowest BCUT2D eigenvalue weighted by molar-refractivity contribution is 0.511. The average Bonchev–Trinajstić information content (AvgIpc) is 3.08. The van der Waals surface area contributed by atoms with Crippen LogP contribution in [0.25, 0.3) is 0 Å². The fourth-order valence-electron chi connectivity index (χ4n) is 1.78. The minimum absolute atomic E-state index is 0. The lowest BCUT2D eigenvalue weighted by atomic mass is 10.4. The summed E-state index contributed by atoms with van der Waals surface area (Å²) in [7, 11) is 0. The van der Waals surface area contributed by atoms with Crippen LogP contribution in [0.4, 0.5) is 0 Å². The molecule has 6 nitrogen and oxygen atoms in total. The van der Waals surface area contributed by atoms with E-state index in [2.05, 4.69) is 20.7 Å². The van der Waals surface area contributed by atoms with Crippen molar-refractivity contribution in [3.05, 3.63) is 42.1 Å². The van der Waals surface area contributed by atoms with E-state index in [0.29, 0.717) is 6.54 Å². The number of guanidine groups is 1. The molecule has 0 fully saturated rings. The summed E-state index contributed by atoms with van der Waals surface area (Å²) in [5.41, 5.74) is 1.17. The Kier molecular flexibility index (Phi) is 7.88. The Morgan fingerprint density at radius 1 is 1.43 bits per heavy atom. The molecule has 2 heterocycles. The molecule has 0 radical (unpaired) electrons. The van der Waals surface area contributed by atoms with Crippen LogP contribution in [0.15, 0.2) is 40.2 Å². The van der Waals surface area contributed by atoms with Gasteiger partial charge < -0.3 is 15.1 Å². The van der Waals surface area contributed by atoms with E-state index < -0.39 is 0 Å². The van der Waals surface area contributed by atoms with Crippen molar-refractivity contribution in [1.29, 1.82) is 0 Å². The van der Waals surface area contributed by atoms with E-state index in [1.54, 1.807) is 6.26 Å². The normalized spacial score (nSPS) is 11.0. The van der Waals surface area contributed by atoms with Crippen LogP contribution >= 0.6 is 24.0 Å². The van der Waals surface area contributed by atoms with Gasteiger partial charge in [-0.05, 0) is 31.5 Å². The number of aryl methyl sites for hydroxylation is 1. The molecule has 21 heavy (non-hydrogen) atoms. The maximum absolute atomic E-state index is 5.26. The molecule has 0 unspecified atom stereocenters. The van der Waals surface area contributed by atoms with Crippen molar-refractivity contribution in [2.75, 3.05) is 13.1 Å². The fourth-order valence-corrected chi connectivity index (χ4v) is 1.78. The maximum Gasteiger partial charge on any atom is 0.191 e. The van der Waals surface area contributed by atoms with Crippen LogP contribution in [0, 0.1) is 6.92 Å². The molecule has 0 aliphatic heterocycles. The highest BCUT2D eigenvalue weighted by molar-refractivity contribution is 14.0. The van der Waals surface area contributed by atoms with Gasteiger partial charge in [-0.2, -0.15) is 5.10 Å². The summed E-state index contributed by atoms with van der Waals surface area (Å²) in [6, 6.07) is 3.78. The quantitative estimate of drug-likeness (QED) is 0.441. The van der Waals surface area contributed by atoms with Crippen molar-refractivity contribution >= 4 is 29.9 Å². The first kappa shape index (κ1) is 17.5. The van der Waals surface area contributed by atoms with Crippen LogP contribution in [0.2, 0.25) is 0 Å². The van der Waals surface area contributed by atoms with E-state index in [1.165, 1.54) is 5.56 Å². The third-order valence-electron chi connectivity index (χ3n) is 2.71. The Bertz CT molecular complexity index is 535. The molecule has 2 aromatic rings. The monoisotopic (exact) mass is 403 g/mol. The second-order valence-electron chi connectivity index (χ2n) is 4.48. The van der Waals surface area contributed by atoms with E-state index in [9.17, 15) is 0 Å². The van der Waals surface area contributed by atoms with E-state index in [4.69, 9.17) is 4.42 Å². The van der Waals surface area contributed by atoms with Crippen LogP contribution in [0.5, 0.6) is 0 Å². The third kappa shape index (κ3) is 6.19. The van der Waals surface area contributed by atoms with Gasteiger partial charge in [0.2, 0.25) is 0 Å². The van der Waals surface area contributed by atoms with Gasteiger partial charge in [0.05, 0.1) is 19.0 Å². The molecule has 0 bridgehead atoms. The van der Waals surface area contributed by atoms with Crippen LogP contribution in [-0.2, 0) is 13.1 Å². The number of nitrogens with one attached hydrogen (secondary N) is 2. The molecule has 7 heteroatoms. The second-order valence-corrected chi connectivity index (χ2v) is 4.48. The largest absolute Gasteiger partial charge is 0.467 e. The first-order chi connectivity index (χ1) is 9.78. The summed E-state index contributed by atoms with van der Waals surface area (Å²) >= 11 is 0. The standard InChI is InChI=1S/C14H21N5O.HI/c1-3-15-14(17-10-13-5-4-8-20-13)16-6-7-19-11-12(2)9-18-19;/h4-5,8-9,11H,3,6-7,10H2,1-2H3,(H2,15,16,17);1H. The van der Waals surface area contributed by atoms with Crippen LogP contribution in [0.3, 0.4) is 0 Å². The molecular weight excluding hydrogens is 381 g/mol. The molecule has 0 saturated carbocycles. The first-order valence-corrected chi connectivity index (χ1v) is 6.81. The number of nitrogens with zero attached hydrogens (tertiary/aromatic N) is 3. The predicted molar refractivity (Wildman–Crippen MR) is 93.9 cm³/mol. The predicted octanol–water partition coefficient (Wildman–Crippen LogP) is 2.16. The van der Waals surface area contributed by atoms with Gasteiger partial charge in [0, 0.05) is 19.3 Å². The summed E-state index contributed by atoms with van der Waals surface area (Å²) < 4.78 is 7.18. The van der Waals surface area contributed by atoms with Gasteiger partial charge in [-0.3, -0.25) is 4.68 Å². The van der Waals surface area contributed by atoms with Gasteiger partial charge in [-0.15, -0.1) is 24.0 Å². The zero-order valence-corrected chi connectivity index (χ0v) is 14.7. The Hall–Kier alpha value is -1.51. The number of halogens is 1. The molecule has 2 rings (SSSR count). The zero-order valence-electron chi connectivity index (χ0n) is 12.4. The molecule has 0 aliphatic rings. The molecular formula is C14H22IN5O. The molecule has 0 spiro atoms. The Labute approximate surface area is 142 Å². The highest BCUT2D eigenvalue weighted by Crippen LogP contribution is 2.01. The van der Waals surface area contributed by atoms with Gasteiger partial charge in [0.1, 0.15) is 12.3 Å². The first-order valence-electron chi connectivity index (χ1n) is 6.81. The molecule has 2 aromatic heterocycles. The summed E-state index contributed by atoms with van der Waals surface area (Å²) in [5.74, 6) is 1.64. The number of rotatable bonds is 6. The topological polar surface area (TPSA) is 67.4 Å². The van der Waals surface area contributed by atoms with Crippen molar-refractivity contribution in [2.24, 2.45) is 4.99 Å². The van der Waals surface area contributed by atoms with Crippen molar-refractivity contribution in [2.45, 2.75) is 26.9 Å². The minimum atomic E-state index is 0. The zero-order chi connectivity index (χ0) is 14.2. The second kappa shape index (κ2) is 9.43. The van der Waals surface area contributed by atoms with Crippen LogP contribution in [-0.4, -0.2) is 28.8 Å². The van der Waals surface area contributed by atoms with Gasteiger partial charge >= 0.3 is 0 Å². The highest BCUT2D eigenvalue weighted by atomic mass is 127. The Balaban J connectivity index is 0.00000220. The van der Waals surface area contributed by atoms with E-state index in [1.807, 2.05) is 43.1 Å². The minimum Gasteiger partial charge on any atom is -0.467 e. The number of furan rings is 1. The Morgan fingerprint density at radius 2 is 2.29 bits per heavy atom. The lowest BCUT2D eigenvalue weighted by Crippen LogP contribution is -2.38. The maximum atomic E-state index is 5.26. The van der Waals surface area contributed by atoms with Crippen LogP contribution < -0.4 is 10.6 Å². The molecule has 0 aromatic carbocycles. The number of hydrogen-bond acceptors (Lipinski definition) is 3. The van der Waals surface area contributed by atoms with Crippen molar-refractivity contribution < 1.29 is 4.42 Å². The lowest BCUT2D eigenvalue weighted by Gasteiger charge is -2.10. The van der Waals surface area contributed by atoms with E-state index in [-0.39, 0.29) is 24.0 Å². The molecule has 0 atom stereocenters. The molecule has 0 saturated heterocycles. The average molecular weight is 403 g/mol. The van der Waals surface area contributed by atoms with Gasteiger partial charge in [0.25, 0.3) is 0 Å². The van der Waals surface area contributed by atoms with Crippen molar-refractivity contribution in [1.82, 2.24) is 20.4 Å².